The molecule has 0 radical (unpaired) electrons. The lowest BCUT2D eigenvalue weighted by Crippen LogP contribution is -2.17. The topological polar surface area (TPSA) is 37.8 Å². The number of nitrogens with one attached hydrogen (secondary N) is 1. The molecule has 1 rings (SSSR count). The van der Waals surface area contributed by atoms with Gasteiger partial charge in [-0.2, -0.15) is 4.37 Å². The predicted octanol–water partition coefficient (Wildman–Crippen LogP) is 2.06. The first kappa shape index (κ1) is 10.0. The Morgan fingerprint density at radius 2 is 2.46 bits per heavy atom. The van der Waals surface area contributed by atoms with Gasteiger partial charge in [0.15, 0.2) is 0 Å². The van der Waals surface area contributed by atoms with Gasteiger partial charge in [0.25, 0.3) is 0 Å². The molecule has 0 saturated heterocycles. The van der Waals surface area contributed by atoms with Crippen LogP contribution in [0.1, 0.15) is 25.6 Å². The zero-order chi connectivity index (χ0) is 9.68. The molecular weight excluding hydrogens is 182 g/mol. The standard InChI is InChI=1S/C9H13N3S/c1-4-6-8(5-2)11-9-10-7(3)12-13-9/h1,8H,5-6H2,2-3H3,(H,10,11,12). The highest BCUT2D eigenvalue weighted by molar-refractivity contribution is 7.09. The second-order valence-electron chi connectivity index (χ2n) is 2.80. The average Bonchev–Trinajstić information content (AvgIpc) is 2.50. The van der Waals surface area contributed by atoms with Gasteiger partial charge in [0.1, 0.15) is 5.82 Å². The first-order valence-corrected chi connectivity index (χ1v) is 5.04. The van der Waals surface area contributed by atoms with E-state index >= 15 is 0 Å². The van der Waals surface area contributed by atoms with Crippen molar-refractivity contribution in [1.82, 2.24) is 9.36 Å². The Labute approximate surface area is 82.8 Å². The highest BCUT2D eigenvalue weighted by Crippen LogP contribution is 2.13. The monoisotopic (exact) mass is 195 g/mol. The largest absolute Gasteiger partial charge is 0.357 e. The van der Waals surface area contributed by atoms with Crippen molar-refractivity contribution in [2.24, 2.45) is 0 Å². The van der Waals surface area contributed by atoms with E-state index in [0.717, 1.165) is 23.8 Å². The van der Waals surface area contributed by atoms with Gasteiger partial charge < -0.3 is 5.32 Å². The van der Waals surface area contributed by atoms with Crippen LogP contribution in [0.15, 0.2) is 0 Å². The first-order chi connectivity index (χ1) is 6.26. The third kappa shape index (κ3) is 3.03. The molecule has 1 aromatic rings. The quantitative estimate of drug-likeness (QED) is 0.747. The van der Waals surface area contributed by atoms with Crippen LogP contribution in [0, 0.1) is 19.3 Å². The number of nitrogens with zero attached hydrogens (tertiary/aromatic N) is 2. The van der Waals surface area contributed by atoms with Crippen molar-refractivity contribution in [3.63, 3.8) is 0 Å². The summed E-state index contributed by atoms with van der Waals surface area (Å²) in [5.41, 5.74) is 0. The molecule has 0 saturated carbocycles. The molecule has 0 fully saturated rings. The number of aromatic nitrogens is 2. The summed E-state index contributed by atoms with van der Waals surface area (Å²) in [6.45, 7) is 3.98. The van der Waals surface area contributed by atoms with Crippen LogP contribution in [-0.4, -0.2) is 15.4 Å². The van der Waals surface area contributed by atoms with Gasteiger partial charge in [0, 0.05) is 24.0 Å². The minimum absolute atomic E-state index is 0.317. The van der Waals surface area contributed by atoms with Crippen molar-refractivity contribution in [1.29, 1.82) is 0 Å². The lowest BCUT2D eigenvalue weighted by molar-refractivity contribution is 0.714. The van der Waals surface area contributed by atoms with Crippen molar-refractivity contribution in [3.05, 3.63) is 5.82 Å². The SMILES string of the molecule is C#CCC(CC)Nc1nc(C)ns1. The zero-order valence-electron chi connectivity index (χ0n) is 7.87. The van der Waals surface area contributed by atoms with E-state index in [9.17, 15) is 0 Å². The third-order valence-corrected chi connectivity index (χ3v) is 2.45. The van der Waals surface area contributed by atoms with Crippen LogP contribution in [0.5, 0.6) is 0 Å². The maximum absolute atomic E-state index is 5.24. The lowest BCUT2D eigenvalue weighted by Gasteiger charge is -2.11. The highest BCUT2D eigenvalue weighted by atomic mass is 32.1. The van der Waals surface area contributed by atoms with Gasteiger partial charge >= 0.3 is 0 Å². The van der Waals surface area contributed by atoms with Gasteiger partial charge in [-0.3, -0.25) is 0 Å². The highest BCUT2D eigenvalue weighted by Gasteiger charge is 2.06. The van der Waals surface area contributed by atoms with Crippen molar-refractivity contribution in [3.8, 4) is 12.3 Å². The molecule has 70 valence electrons. The van der Waals surface area contributed by atoms with E-state index in [-0.39, 0.29) is 0 Å². The molecule has 0 aliphatic rings. The van der Waals surface area contributed by atoms with E-state index in [1.807, 2.05) is 6.92 Å². The van der Waals surface area contributed by atoms with Crippen molar-refractivity contribution in [2.45, 2.75) is 32.7 Å². The molecule has 0 aromatic carbocycles. The molecule has 1 unspecified atom stereocenters. The Morgan fingerprint density at radius 3 is 2.92 bits per heavy atom. The van der Waals surface area contributed by atoms with Crippen LogP contribution >= 0.6 is 11.5 Å². The number of hydrogen-bond donors (Lipinski definition) is 1. The molecule has 1 N–H and O–H groups in total. The third-order valence-electron chi connectivity index (χ3n) is 1.71. The Morgan fingerprint density at radius 1 is 1.69 bits per heavy atom. The van der Waals surface area contributed by atoms with Gasteiger partial charge in [0.2, 0.25) is 5.13 Å². The summed E-state index contributed by atoms with van der Waals surface area (Å²) in [5.74, 6) is 3.45. The van der Waals surface area contributed by atoms with Gasteiger partial charge in [-0.15, -0.1) is 12.3 Å². The Bertz CT molecular complexity index is 300. The molecule has 0 aliphatic carbocycles. The van der Waals surface area contributed by atoms with E-state index in [0.29, 0.717) is 6.04 Å². The van der Waals surface area contributed by atoms with Crippen LogP contribution < -0.4 is 5.32 Å². The van der Waals surface area contributed by atoms with Crippen LogP contribution in [0.25, 0.3) is 0 Å². The van der Waals surface area contributed by atoms with Crippen LogP contribution in [0.3, 0.4) is 0 Å². The number of hydrogen-bond acceptors (Lipinski definition) is 4. The second-order valence-corrected chi connectivity index (χ2v) is 3.56. The number of rotatable bonds is 4. The molecule has 0 aliphatic heterocycles. The molecule has 0 bridgehead atoms. The van der Waals surface area contributed by atoms with Gasteiger partial charge in [-0.05, 0) is 13.3 Å². The molecule has 3 nitrogen and oxygen atoms in total. The van der Waals surface area contributed by atoms with E-state index < -0.39 is 0 Å². The fraction of sp³-hybridized carbons (Fsp3) is 0.556. The second kappa shape index (κ2) is 4.83. The van der Waals surface area contributed by atoms with E-state index in [1.165, 1.54) is 11.5 Å². The summed E-state index contributed by atoms with van der Waals surface area (Å²) >= 11 is 1.38. The lowest BCUT2D eigenvalue weighted by atomic mass is 10.2. The van der Waals surface area contributed by atoms with Crippen molar-refractivity contribution in [2.75, 3.05) is 5.32 Å². The fourth-order valence-electron chi connectivity index (χ4n) is 0.970. The van der Waals surface area contributed by atoms with Crippen LogP contribution in [-0.2, 0) is 0 Å². The Hall–Kier alpha value is -1.08. The summed E-state index contributed by atoms with van der Waals surface area (Å²) in [6, 6.07) is 0.317. The van der Waals surface area contributed by atoms with Crippen LogP contribution in [0.2, 0.25) is 0 Å². The van der Waals surface area contributed by atoms with E-state index in [4.69, 9.17) is 6.42 Å². The maximum atomic E-state index is 5.24. The van der Waals surface area contributed by atoms with Crippen molar-refractivity contribution >= 4 is 16.7 Å². The summed E-state index contributed by atoms with van der Waals surface area (Å²) in [4.78, 5) is 4.21. The van der Waals surface area contributed by atoms with E-state index in [2.05, 4.69) is 27.5 Å². The summed E-state index contributed by atoms with van der Waals surface area (Å²) in [7, 11) is 0. The average molecular weight is 195 g/mol. The maximum Gasteiger partial charge on any atom is 0.202 e. The summed E-state index contributed by atoms with van der Waals surface area (Å²) in [5, 5.41) is 4.11. The van der Waals surface area contributed by atoms with Crippen molar-refractivity contribution < 1.29 is 0 Å². The van der Waals surface area contributed by atoms with Crippen LogP contribution in [0.4, 0.5) is 5.13 Å². The fourth-order valence-corrected chi connectivity index (χ4v) is 1.62. The molecule has 4 heteroatoms. The summed E-state index contributed by atoms with van der Waals surface area (Å²) < 4.78 is 4.08. The molecular formula is C9H13N3S. The summed E-state index contributed by atoms with van der Waals surface area (Å²) in [6.07, 6.45) is 6.98. The first-order valence-electron chi connectivity index (χ1n) is 4.26. The smallest absolute Gasteiger partial charge is 0.202 e. The molecule has 13 heavy (non-hydrogen) atoms. The van der Waals surface area contributed by atoms with Gasteiger partial charge in [-0.1, -0.05) is 6.92 Å². The molecule has 1 aromatic heterocycles. The Kier molecular flexibility index (Phi) is 3.71. The van der Waals surface area contributed by atoms with Gasteiger partial charge in [0.05, 0.1) is 0 Å². The molecule has 1 heterocycles. The molecule has 1 atom stereocenters. The number of aryl methyl sites for hydroxylation is 1. The minimum atomic E-state index is 0.317. The Balaban J connectivity index is 2.52. The normalized spacial score (nSPS) is 12.1. The molecule has 0 amide bonds. The van der Waals surface area contributed by atoms with Gasteiger partial charge in [-0.25, -0.2) is 4.98 Å². The van der Waals surface area contributed by atoms with E-state index in [1.54, 1.807) is 0 Å². The minimum Gasteiger partial charge on any atom is -0.357 e. The number of anilines is 1. The molecule has 0 spiro atoms. The number of terminal acetylenes is 1. The zero-order valence-corrected chi connectivity index (χ0v) is 8.69. The predicted molar refractivity (Wildman–Crippen MR) is 55.8 cm³/mol.